The lowest BCUT2D eigenvalue weighted by molar-refractivity contribution is -0.124. The van der Waals surface area contributed by atoms with Crippen molar-refractivity contribution in [3.05, 3.63) is 39.8 Å². The van der Waals surface area contributed by atoms with Gasteiger partial charge in [-0.1, -0.05) is 13.0 Å². The largest absolute Gasteiger partial charge is 0.365 e. The van der Waals surface area contributed by atoms with Crippen molar-refractivity contribution in [2.75, 3.05) is 11.9 Å². The Bertz CT molecular complexity index is 883. The minimum Gasteiger partial charge on any atom is -0.365 e. The fourth-order valence-electron chi connectivity index (χ4n) is 3.66. The zero-order valence-corrected chi connectivity index (χ0v) is 18.0. The quantitative estimate of drug-likeness (QED) is 0.649. The number of likely N-dealkylation sites (N-methyl/N-ethyl adjacent to an activating group) is 1. The number of hydrogen-bond donors (Lipinski definition) is 0. The highest BCUT2D eigenvalue weighted by atomic mass is 32.2. The molecule has 0 aromatic heterocycles. The van der Waals surface area contributed by atoms with Gasteiger partial charge in [0.05, 0.1) is 10.4 Å². The number of amides is 2. The van der Waals surface area contributed by atoms with Crippen molar-refractivity contribution >= 4 is 40.2 Å². The minimum atomic E-state index is -0.179. The highest BCUT2D eigenvalue weighted by Gasteiger charge is 2.37. The van der Waals surface area contributed by atoms with Gasteiger partial charge in [-0.3, -0.25) is 14.5 Å². The van der Waals surface area contributed by atoms with Crippen LogP contribution in [-0.4, -0.2) is 34.7 Å². The summed E-state index contributed by atoms with van der Waals surface area (Å²) in [6.07, 6.45) is 4.90. The molecule has 0 N–H and O–H groups in total. The lowest BCUT2D eigenvalue weighted by Gasteiger charge is -2.41. The number of nitrogens with zero attached hydrogens (tertiary/aromatic N) is 2. The van der Waals surface area contributed by atoms with E-state index in [0.29, 0.717) is 4.91 Å². The number of fused-ring (bicyclic) bond motifs is 1. The van der Waals surface area contributed by atoms with Crippen molar-refractivity contribution in [1.29, 1.82) is 0 Å². The highest BCUT2D eigenvalue weighted by Crippen LogP contribution is 2.41. The SMILES string of the molecule is CCC(C)N1C(=O)S/C(=C\c2cc3c(cc2C)N(C)C(C)(C)C=C3C)C1=O. The number of carbonyl (C=O) groups excluding carboxylic acids is 2. The predicted molar refractivity (Wildman–Crippen MR) is 115 cm³/mol. The van der Waals surface area contributed by atoms with E-state index in [4.69, 9.17) is 0 Å². The number of rotatable bonds is 3. The van der Waals surface area contributed by atoms with Gasteiger partial charge < -0.3 is 4.90 Å². The van der Waals surface area contributed by atoms with Crippen LogP contribution in [0.25, 0.3) is 11.6 Å². The van der Waals surface area contributed by atoms with E-state index in [1.165, 1.54) is 21.7 Å². The van der Waals surface area contributed by atoms with Gasteiger partial charge in [-0.05, 0) is 87.7 Å². The average molecular weight is 385 g/mol. The normalized spacial score (nSPS) is 21.6. The molecule has 5 heteroatoms. The van der Waals surface area contributed by atoms with Crippen molar-refractivity contribution in [3.63, 3.8) is 0 Å². The minimum absolute atomic E-state index is 0.0377. The highest BCUT2D eigenvalue weighted by molar-refractivity contribution is 8.18. The molecule has 144 valence electrons. The number of hydrogen-bond acceptors (Lipinski definition) is 4. The Labute approximate surface area is 166 Å². The van der Waals surface area contributed by atoms with Crippen molar-refractivity contribution in [2.45, 2.75) is 59.5 Å². The first kappa shape index (κ1) is 19.7. The van der Waals surface area contributed by atoms with Crippen LogP contribution in [0.4, 0.5) is 10.5 Å². The van der Waals surface area contributed by atoms with Crippen LogP contribution in [0, 0.1) is 6.92 Å². The maximum absolute atomic E-state index is 12.7. The number of imide groups is 1. The van der Waals surface area contributed by atoms with E-state index in [1.54, 1.807) is 0 Å². The molecule has 0 saturated carbocycles. The summed E-state index contributed by atoms with van der Waals surface area (Å²) in [5.41, 5.74) is 5.66. The standard InChI is InChI=1S/C22H28N2O2S/c1-8-15(4)24-20(25)19(27-21(24)26)11-16-10-17-14(3)12-22(5,6)23(7)18(17)9-13(16)2/h9-12,15H,8H2,1-7H3/b19-11-. The summed E-state index contributed by atoms with van der Waals surface area (Å²) in [5, 5.41) is -0.172. The van der Waals surface area contributed by atoms with Crippen LogP contribution >= 0.6 is 11.8 Å². The molecule has 1 fully saturated rings. The molecular formula is C22H28N2O2S. The molecule has 0 bridgehead atoms. The Hall–Kier alpha value is -2.01. The van der Waals surface area contributed by atoms with E-state index in [9.17, 15) is 9.59 Å². The van der Waals surface area contributed by atoms with Gasteiger partial charge in [-0.2, -0.15) is 0 Å². The van der Waals surface area contributed by atoms with Crippen molar-refractivity contribution in [2.24, 2.45) is 0 Å². The molecule has 1 aromatic carbocycles. The lowest BCUT2D eigenvalue weighted by Crippen LogP contribution is -2.42. The zero-order valence-electron chi connectivity index (χ0n) is 17.2. The number of carbonyl (C=O) groups is 2. The zero-order chi connectivity index (χ0) is 20.1. The maximum Gasteiger partial charge on any atom is 0.293 e. The van der Waals surface area contributed by atoms with E-state index in [0.717, 1.165) is 29.3 Å². The molecule has 0 radical (unpaired) electrons. The molecular weight excluding hydrogens is 356 g/mol. The molecule has 2 aliphatic rings. The van der Waals surface area contributed by atoms with E-state index in [2.05, 4.69) is 57.9 Å². The van der Waals surface area contributed by atoms with Crippen LogP contribution < -0.4 is 4.90 Å². The van der Waals surface area contributed by atoms with Crippen molar-refractivity contribution in [1.82, 2.24) is 4.90 Å². The Morgan fingerprint density at radius 1 is 1.22 bits per heavy atom. The van der Waals surface area contributed by atoms with Crippen LogP contribution in [-0.2, 0) is 4.79 Å². The molecule has 4 nitrogen and oxygen atoms in total. The first-order valence-corrected chi connectivity index (χ1v) is 10.2. The van der Waals surface area contributed by atoms with Crippen LogP contribution in [0.3, 0.4) is 0 Å². The Morgan fingerprint density at radius 2 is 1.89 bits per heavy atom. The summed E-state index contributed by atoms with van der Waals surface area (Å²) in [5.74, 6) is -0.179. The lowest BCUT2D eigenvalue weighted by atomic mass is 9.87. The number of allylic oxidation sites excluding steroid dienone is 1. The molecule has 1 saturated heterocycles. The summed E-state index contributed by atoms with van der Waals surface area (Å²) in [4.78, 5) is 29.2. The van der Waals surface area contributed by atoms with Gasteiger partial charge in [-0.25, -0.2) is 0 Å². The van der Waals surface area contributed by atoms with E-state index in [-0.39, 0.29) is 22.7 Å². The number of benzene rings is 1. The number of aryl methyl sites for hydroxylation is 1. The van der Waals surface area contributed by atoms with Gasteiger partial charge in [0.1, 0.15) is 0 Å². The average Bonchev–Trinajstić information content (AvgIpc) is 2.87. The Morgan fingerprint density at radius 3 is 2.52 bits per heavy atom. The van der Waals surface area contributed by atoms with E-state index < -0.39 is 0 Å². The van der Waals surface area contributed by atoms with Crippen LogP contribution in [0.1, 0.15) is 57.7 Å². The van der Waals surface area contributed by atoms with E-state index >= 15 is 0 Å². The summed E-state index contributed by atoms with van der Waals surface area (Å²) in [6, 6.07) is 4.24. The second kappa shape index (κ2) is 6.86. The molecule has 2 aliphatic heterocycles. The molecule has 1 aromatic rings. The summed E-state index contributed by atoms with van der Waals surface area (Å²) in [7, 11) is 2.11. The van der Waals surface area contributed by atoms with Gasteiger partial charge in [0, 0.05) is 24.3 Å². The molecule has 0 spiro atoms. The number of anilines is 1. The molecule has 0 aliphatic carbocycles. The molecule has 2 amide bonds. The second-order valence-electron chi connectivity index (χ2n) is 8.07. The van der Waals surface area contributed by atoms with Crippen LogP contribution in [0.15, 0.2) is 23.1 Å². The van der Waals surface area contributed by atoms with Crippen molar-refractivity contribution in [3.8, 4) is 0 Å². The molecule has 2 heterocycles. The summed E-state index contributed by atoms with van der Waals surface area (Å²) >= 11 is 1.04. The first-order chi connectivity index (χ1) is 12.6. The number of thioether (sulfide) groups is 1. The van der Waals surface area contributed by atoms with Gasteiger partial charge in [0.25, 0.3) is 11.1 Å². The topological polar surface area (TPSA) is 40.6 Å². The third-order valence-electron chi connectivity index (χ3n) is 5.75. The smallest absolute Gasteiger partial charge is 0.293 e. The molecule has 1 atom stereocenters. The van der Waals surface area contributed by atoms with Gasteiger partial charge in [0.15, 0.2) is 0 Å². The fourth-order valence-corrected chi connectivity index (χ4v) is 4.58. The fraction of sp³-hybridized carbons (Fsp3) is 0.455. The Kier molecular flexibility index (Phi) is 5.02. The predicted octanol–water partition coefficient (Wildman–Crippen LogP) is 5.46. The molecule has 3 rings (SSSR count). The van der Waals surface area contributed by atoms with Gasteiger partial charge in [-0.15, -0.1) is 0 Å². The summed E-state index contributed by atoms with van der Waals surface area (Å²) < 4.78 is 0. The molecule has 27 heavy (non-hydrogen) atoms. The monoisotopic (exact) mass is 384 g/mol. The van der Waals surface area contributed by atoms with Gasteiger partial charge in [0.2, 0.25) is 0 Å². The third kappa shape index (κ3) is 3.33. The van der Waals surface area contributed by atoms with E-state index in [1.807, 2.05) is 19.9 Å². The van der Waals surface area contributed by atoms with Crippen LogP contribution in [0.2, 0.25) is 0 Å². The first-order valence-electron chi connectivity index (χ1n) is 9.42. The van der Waals surface area contributed by atoms with Crippen LogP contribution in [0.5, 0.6) is 0 Å². The Balaban J connectivity index is 2.03. The van der Waals surface area contributed by atoms with Gasteiger partial charge >= 0.3 is 0 Å². The maximum atomic E-state index is 12.7. The summed E-state index contributed by atoms with van der Waals surface area (Å²) in [6.45, 7) is 12.5. The van der Waals surface area contributed by atoms with Crippen molar-refractivity contribution < 1.29 is 9.59 Å². The third-order valence-corrected chi connectivity index (χ3v) is 6.63. The second-order valence-corrected chi connectivity index (χ2v) is 9.07. The molecule has 1 unspecified atom stereocenters.